The van der Waals surface area contributed by atoms with Crippen molar-refractivity contribution in [3.05, 3.63) is 0 Å². The number of rotatable bonds is 3. The van der Waals surface area contributed by atoms with E-state index in [2.05, 4.69) is 0 Å². The van der Waals surface area contributed by atoms with Crippen molar-refractivity contribution in [1.82, 2.24) is 0 Å². The maximum atomic E-state index is 9.87. The molecule has 0 fully saturated rings. The first-order valence-corrected chi connectivity index (χ1v) is 2.44. The Labute approximate surface area is 105 Å². The fourth-order valence-electron chi connectivity index (χ4n) is 0.343. The quantitative estimate of drug-likeness (QED) is 0.387. The number of carboxylic acids is 1. The van der Waals surface area contributed by atoms with Gasteiger partial charge < -0.3 is 15.0 Å². The van der Waals surface area contributed by atoms with Gasteiger partial charge in [0.25, 0.3) is 0 Å². The van der Waals surface area contributed by atoms with Crippen LogP contribution in [0.25, 0.3) is 0 Å². The van der Waals surface area contributed by atoms with Gasteiger partial charge in [-0.25, -0.2) is 0 Å². The zero-order valence-corrected chi connectivity index (χ0v) is 10.7. The zero-order valence-electron chi connectivity index (χ0n) is 6.72. The molecule has 0 aliphatic carbocycles. The van der Waals surface area contributed by atoms with Crippen molar-refractivity contribution >= 4 is 5.97 Å². The number of carbonyl (C=O) groups excluding carboxylic acids is 1. The van der Waals surface area contributed by atoms with Gasteiger partial charge in [-0.2, -0.15) is 0 Å². The summed E-state index contributed by atoms with van der Waals surface area (Å²) in [6.07, 6.45) is -0.122. The van der Waals surface area contributed by atoms with Crippen molar-refractivity contribution in [2.75, 3.05) is 6.61 Å². The smallest absolute Gasteiger partial charge is 0.854 e. The number of aliphatic carboxylic acids is 1. The summed E-state index contributed by atoms with van der Waals surface area (Å²) in [7, 11) is 0. The number of hydrogen-bond donors (Lipinski definition) is 0. The van der Waals surface area contributed by atoms with Crippen molar-refractivity contribution < 1.29 is 74.1 Å². The van der Waals surface area contributed by atoms with Gasteiger partial charge in [0, 0.05) is 5.97 Å². The summed E-state index contributed by atoms with van der Waals surface area (Å²) in [5, 5.41) is 19.6. The van der Waals surface area contributed by atoms with E-state index in [0.29, 0.717) is 0 Å². The summed E-state index contributed by atoms with van der Waals surface area (Å²) in [6.45, 7) is 1.25. The molecule has 0 bridgehead atoms. The Morgan fingerprint density at radius 2 is 1.90 bits per heavy atom. The third-order valence-electron chi connectivity index (χ3n) is 0.800. The third kappa shape index (κ3) is 12.1. The van der Waals surface area contributed by atoms with Gasteiger partial charge in [0.15, 0.2) is 0 Å². The fraction of sp³-hybridized carbons (Fsp3) is 0.800. The number of carbonyl (C=O) groups is 1. The van der Waals surface area contributed by atoms with Crippen molar-refractivity contribution in [3.8, 4) is 0 Å². The first-order valence-electron chi connectivity index (χ1n) is 2.44. The topological polar surface area (TPSA) is 63.2 Å². The molecule has 5 heteroatoms. The van der Waals surface area contributed by atoms with Crippen LogP contribution in [0.15, 0.2) is 0 Å². The predicted octanol–water partition coefficient (Wildman–Crippen LogP) is -7.87. The minimum atomic E-state index is -1.15. The first-order chi connectivity index (χ1) is 3.66. The SMILES string of the molecule is C[C@H](C[O-])CC(=O)[O-].[Na+].[Na+]. The molecular formula is C5H8Na2O3. The van der Waals surface area contributed by atoms with Crippen molar-refractivity contribution in [3.63, 3.8) is 0 Å². The van der Waals surface area contributed by atoms with E-state index in [1.807, 2.05) is 0 Å². The molecule has 1 atom stereocenters. The Hall–Kier alpha value is 1.43. The standard InChI is InChI=1S/C5H9O3.2Na/c1-4(3-6)2-5(7)8;;/h4H,2-3H2,1H3,(H,7,8);;/q-1;2*+1/p-1/t4-;;/m0../s1. The van der Waals surface area contributed by atoms with E-state index in [4.69, 9.17) is 0 Å². The van der Waals surface area contributed by atoms with E-state index < -0.39 is 5.97 Å². The van der Waals surface area contributed by atoms with Crippen LogP contribution in [0.1, 0.15) is 13.3 Å². The Kier molecular flexibility index (Phi) is 18.2. The second-order valence-corrected chi connectivity index (χ2v) is 1.85. The second-order valence-electron chi connectivity index (χ2n) is 1.85. The Morgan fingerprint density at radius 1 is 1.50 bits per heavy atom. The molecule has 0 aromatic carbocycles. The molecule has 0 radical (unpaired) electrons. The summed E-state index contributed by atoms with van der Waals surface area (Å²) in [6, 6.07) is 0. The zero-order chi connectivity index (χ0) is 6.57. The molecule has 0 aromatic heterocycles. The van der Waals surface area contributed by atoms with Gasteiger partial charge in [-0.1, -0.05) is 12.8 Å². The van der Waals surface area contributed by atoms with Gasteiger partial charge in [0.05, 0.1) is 0 Å². The molecular weight excluding hydrogens is 154 g/mol. The van der Waals surface area contributed by atoms with Crippen LogP contribution in [0.3, 0.4) is 0 Å². The van der Waals surface area contributed by atoms with Gasteiger partial charge in [-0.3, -0.25) is 0 Å². The fourth-order valence-corrected chi connectivity index (χ4v) is 0.343. The molecule has 10 heavy (non-hydrogen) atoms. The number of carboxylic acid groups (broad SMARTS) is 1. The van der Waals surface area contributed by atoms with Crippen LogP contribution >= 0.6 is 0 Å². The van der Waals surface area contributed by atoms with E-state index in [9.17, 15) is 15.0 Å². The molecule has 0 N–H and O–H groups in total. The Bertz CT molecular complexity index is 87.0. The molecule has 0 aliphatic rings. The predicted molar refractivity (Wildman–Crippen MR) is 23.7 cm³/mol. The molecule has 0 aliphatic heterocycles. The van der Waals surface area contributed by atoms with Gasteiger partial charge in [-0.15, -0.1) is 6.61 Å². The summed E-state index contributed by atoms with van der Waals surface area (Å²) < 4.78 is 0. The van der Waals surface area contributed by atoms with Crippen molar-refractivity contribution in [1.29, 1.82) is 0 Å². The molecule has 0 saturated carbocycles. The average Bonchev–Trinajstić information content (AvgIpc) is 1.65. The molecule has 0 unspecified atom stereocenters. The molecule has 0 saturated heterocycles. The first kappa shape index (κ1) is 17.5. The summed E-state index contributed by atoms with van der Waals surface area (Å²) >= 11 is 0. The van der Waals surface area contributed by atoms with Crippen LogP contribution in [0.2, 0.25) is 0 Å². The monoisotopic (exact) mass is 162 g/mol. The summed E-state index contributed by atoms with van der Waals surface area (Å²) in [5.74, 6) is -1.44. The van der Waals surface area contributed by atoms with Crippen molar-refractivity contribution in [2.24, 2.45) is 5.92 Å². The molecule has 48 valence electrons. The summed E-state index contributed by atoms with van der Waals surface area (Å²) in [5.41, 5.74) is 0. The van der Waals surface area contributed by atoms with E-state index in [0.717, 1.165) is 0 Å². The largest absolute Gasteiger partial charge is 1.00 e. The number of hydrogen-bond acceptors (Lipinski definition) is 3. The van der Waals surface area contributed by atoms with Gasteiger partial charge in [-0.05, 0) is 6.42 Å². The van der Waals surface area contributed by atoms with E-state index in [1.165, 1.54) is 0 Å². The average molecular weight is 162 g/mol. The van der Waals surface area contributed by atoms with Gasteiger partial charge in [0.2, 0.25) is 0 Å². The minimum absolute atomic E-state index is 0. The van der Waals surface area contributed by atoms with E-state index in [1.54, 1.807) is 6.92 Å². The third-order valence-corrected chi connectivity index (χ3v) is 0.800. The maximum Gasteiger partial charge on any atom is 1.00 e. The minimum Gasteiger partial charge on any atom is -0.854 e. The second kappa shape index (κ2) is 10.4. The Morgan fingerprint density at radius 3 is 2.00 bits per heavy atom. The molecule has 0 heterocycles. The van der Waals surface area contributed by atoms with Crippen LogP contribution in [0.5, 0.6) is 0 Å². The van der Waals surface area contributed by atoms with Crippen LogP contribution in [-0.4, -0.2) is 12.6 Å². The van der Waals surface area contributed by atoms with E-state index in [-0.39, 0.29) is 78.1 Å². The van der Waals surface area contributed by atoms with Crippen LogP contribution in [0, 0.1) is 5.92 Å². The van der Waals surface area contributed by atoms with Crippen LogP contribution in [-0.2, 0) is 4.79 Å². The van der Waals surface area contributed by atoms with Crippen molar-refractivity contribution in [2.45, 2.75) is 13.3 Å². The van der Waals surface area contributed by atoms with E-state index >= 15 is 0 Å². The van der Waals surface area contributed by atoms with Crippen LogP contribution < -0.4 is 69.3 Å². The molecule has 0 rings (SSSR count). The Balaban J connectivity index is -0.000000245. The molecule has 0 aromatic rings. The normalized spacial score (nSPS) is 10.6. The van der Waals surface area contributed by atoms with Gasteiger partial charge >= 0.3 is 59.1 Å². The maximum absolute atomic E-state index is 9.87. The molecule has 0 spiro atoms. The molecule has 3 nitrogen and oxygen atoms in total. The molecule has 0 amide bonds. The van der Waals surface area contributed by atoms with Crippen LogP contribution in [0.4, 0.5) is 0 Å². The summed E-state index contributed by atoms with van der Waals surface area (Å²) in [4.78, 5) is 9.72. The van der Waals surface area contributed by atoms with Gasteiger partial charge in [0.1, 0.15) is 0 Å².